The summed E-state index contributed by atoms with van der Waals surface area (Å²) in [4.78, 5) is 34.3. The molecule has 0 saturated heterocycles. The predicted octanol–water partition coefficient (Wildman–Crippen LogP) is 0.740. The van der Waals surface area contributed by atoms with Crippen molar-refractivity contribution >= 4 is 29.9 Å². The minimum absolute atomic E-state index is 0.0189. The van der Waals surface area contributed by atoms with E-state index in [1.807, 2.05) is 0 Å². The van der Waals surface area contributed by atoms with Crippen molar-refractivity contribution in [3.05, 3.63) is 11.6 Å². The fourth-order valence-electron chi connectivity index (χ4n) is 1.29. The molecule has 0 aliphatic rings. The zero-order valence-electron chi connectivity index (χ0n) is 10.3. The molecule has 0 aromatic rings. The van der Waals surface area contributed by atoms with Crippen molar-refractivity contribution in [2.45, 2.75) is 25.8 Å². The molecule has 102 valence electrons. The van der Waals surface area contributed by atoms with Gasteiger partial charge in [-0.05, 0) is 13.8 Å². The van der Waals surface area contributed by atoms with Crippen molar-refractivity contribution in [2.75, 3.05) is 13.2 Å². The lowest BCUT2D eigenvalue weighted by atomic mass is 9.95. The van der Waals surface area contributed by atoms with Crippen LogP contribution in [0.2, 0.25) is 0 Å². The lowest BCUT2D eigenvalue weighted by Crippen LogP contribution is -2.59. The Kier molecular flexibility index (Phi) is 7.04. The Morgan fingerprint density at radius 1 is 1.28 bits per heavy atom. The van der Waals surface area contributed by atoms with Crippen molar-refractivity contribution < 1.29 is 23.9 Å². The van der Waals surface area contributed by atoms with Gasteiger partial charge >= 0.3 is 11.9 Å². The fourth-order valence-corrected chi connectivity index (χ4v) is 1.49. The molecule has 18 heavy (non-hydrogen) atoms. The third-order valence-electron chi connectivity index (χ3n) is 2.01. The fraction of sp³-hybridized carbons (Fsp3) is 0.545. The third-order valence-corrected chi connectivity index (χ3v) is 2.14. The maximum atomic E-state index is 11.9. The summed E-state index contributed by atoms with van der Waals surface area (Å²) in [6.45, 7) is 6.65. The van der Waals surface area contributed by atoms with Crippen molar-refractivity contribution in [3.63, 3.8) is 0 Å². The van der Waals surface area contributed by atoms with Gasteiger partial charge in [-0.2, -0.15) is 0 Å². The molecule has 0 aromatic heterocycles. The number of hydrogen-bond acceptors (Lipinski definition) is 5. The Hall–Kier alpha value is -1.56. The molecule has 0 bridgehead atoms. The first-order valence-corrected chi connectivity index (χ1v) is 5.71. The summed E-state index contributed by atoms with van der Waals surface area (Å²) in [5.74, 6) is -1.87. The average molecular weight is 278 g/mol. The summed E-state index contributed by atoms with van der Waals surface area (Å²) >= 11 is 5.62. The van der Waals surface area contributed by atoms with Gasteiger partial charge in [-0.1, -0.05) is 18.2 Å². The number of carbonyl (C=O) groups excluding carboxylic acids is 3. The highest BCUT2D eigenvalue weighted by Gasteiger charge is 2.49. The molecule has 0 aliphatic heterocycles. The highest BCUT2D eigenvalue weighted by Crippen LogP contribution is 2.22. The topological polar surface area (TPSA) is 81.7 Å². The molecule has 0 saturated carbocycles. The molecule has 7 heteroatoms. The zero-order chi connectivity index (χ0) is 14.2. The number of nitrogens with one attached hydrogen (secondary N) is 1. The molecule has 0 radical (unpaired) electrons. The van der Waals surface area contributed by atoms with Gasteiger partial charge in [-0.15, -0.1) is 0 Å². The van der Waals surface area contributed by atoms with Gasteiger partial charge in [-0.3, -0.25) is 4.79 Å². The van der Waals surface area contributed by atoms with Crippen molar-refractivity contribution in [1.29, 1.82) is 0 Å². The average Bonchev–Trinajstić information content (AvgIpc) is 2.28. The van der Waals surface area contributed by atoms with Crippen LogP contribution in [0.25, 0.3) is 0 Å². The van der Waals surface area contributed by atoms with E-state index in [9.17, 15) is 14.4 Å². The first kappa shape index (κ1) is 16.4. The van der Waals surface area contributed by atoms with E-state index in [1.54, 1.807) is 13.8 Å². The number of esters is 2. The largest absolute Gasteiger partial charge is 0.464 e. The van der Waals surface area contributed by atoms with E-state index in [-0.39, 0.29) is 31.1 Å². The number of rotatable bonds is 8. The molecular formula is C11H16ClNO5. The van der Waals surface area contributed by atoms with E-state index in [0.29, 0.717) is 0 Å². The Morgan fingerprint density at radius 2 is 1.72 bits per heavy atom. The van der Waals surface area contributed by atoms with E-state index in [0.717, 1.165) is 0 Å². The lowest BCUT2D eigenvalue weighted by molar-refractivity contribution is -0.167. The van der Waals surface area contributed by atoms with Crippen LogP contribution in [-0.4, -0.2) is 37.1 Å². The number of carbonyl (C=O) groups is 3. The van der Waals surface area contributed by atoms with Crippen LogP contribution in [0, 0.1) is 0 Å². The van der Waals surface area contributed by atoms with Crippen molar-refractivity contribution in [1.82, 2.24) is 5.32 Å². The minimum Gasteiger partial charge on any atom is -0.464 e. The monoisotopic (exact) mass is 277 g/mol. The van der Waals surface area contributed by atoms with E-state index >= 15 is 0 Å². The van der Waals surface area contributed by atoms with Crippen LogP contribution in [0.3, 0.4) is 0 Å². The highest BCUT2D eigenvalue weighted by atomic mass is 35.5. The number of hydrogen-bond donors (Lipinski definition) is 1. The van der Waals surface area contributed by atoms with E-state index in [2.05, 4.69) is 11.9 Å². The molecule has 0 atom stereocenters. The first-order chi connectivity index (χ1) is 8.44. The van der Waals surface area contributed by atoms with Gasteiger partial charge in [0.2, 0.25) is 11.9 Å². The Morgan fingerprint density at radius 3 is 2.00 bits per heavy atom. The Bertz CT molecular complexity index is 324. The second kappa shape index (κ2) is 7.71. The van der Waals surface area contributed by atoms with Gasteiger partial charge in [0.1, 0.15) is 0 Å². The molecule has 0 unspecified atom stereocenters. The van der Waals surface area contributed by atoms with Gasteiger partial charge in [0.25, 0.3) is 0 Å². The molecule has 6 nitrogen and oxygen atoms in total. The standard InChI is InChI=1S/C11H16ClNO5/c1-4-17-9(15)11(13-7-14,6-8(3)12)10(16)18-5-2/h7H,3-6H2,1-2H3,(H,13,14). The van der Waals surface area contributed by atoms with Crippen LogP contribution in [0.5, 0.6) is 0 Å². The van der Waals surface area contributed by atoms with E-state index in [4.69, 9.17) is 21.1 Å². The summed E-state index contributed by atoms with van der Waals surface area (Å²) in [5, 5.41) is 2.14. The molecule has 1 amide bonds. The van der Waals surface area contributed by atoms with Gasteiger partial charge < -0.3 is 14.8 Å². The second-order valence-corrected chi connectivity index (χ2v) is 3.84. The summed E-state index contributed by atoms with van der Waals surface area (Å²) < 4.78 is 9.53. The van der Waals surface area contributed by atoms with Crippen molar-refractivity contribution in [3.8, 4) is 0 Å². The predicted molar refractivity (Wildman–Crippen MR) is 64.8 cm³/mol. The molecule has 0 aliphatic carbocycles. The summed E-state index contributed by atoms with van der Waals surface area (Å²) in [7, 11) is 0. The molecule has 0 rings (SSSR count). The van der Waals surface area contributed by atoms with Crippen LogP contribution >= 0.6 is 11.6 Å². The van der Waals surface area contributed by atoms with Gasteiger partial charge in [0.05, 0.1) is 13.2 Å². The van der Waals surface area contributed by atoms with Crippen LogP contribution in [0.4, 0.5) is 0 Å². The maximum Gasteiger partial charge on any atom is 0.344 e. The van der Waals surface area contributed by atoms with Gasteiger partial charge in [0.15, 0.2) is 0 Å². The minimum atomic E-state index is -1.98. The Balaban J connectivity index is 5.38. The van der Waals surface area contributed by atoms with Gasteiger partial charge in [-0.25, -0.2) is 9.59 Å². The lowest BCUT2D eigenvalue weighted by Gasteiger charge is -2.27. The smallest absolute Gasteiger partial charge is 0.344 e. The van der Waals surface area contributed by atoms with E-state index in [1.165, 1.54) is 0 Å². The maximum absolute atomic E-state index is 11.9. The molecule has 0 spiro atoms. The zero-order valence-corrected chi connectivity index (χ0v) is 11.1. The molecule has 0 fully saturated rings. The highest BCUT2D eigenvalue weighted by molar-refractivity contribution is 6.30. The number of halogens is 1. The summed E-state index contributed by atoms with van der Waals surface area (Å²) in [6.07, 6.45) is -0.0847. The third kappa shape index (κ3) is 4.03. The quantitative estimate of drug-likeness (QED) is 0.402. The molecule has 0 heterocycles. The first-order valence-electron chi connectivity index (χ1n) is 5.33. The second-order valence-electron chi connectivity index (χ2n) is 3.30. The normalized spacial score (nSPS) is 10.4. The van der Waals surface area contributed by atoms with Crippen LogP contribution in [0.15, 0.2) is 11.6 Å². The van der Waals surface area contributed by atoms with Crippen molar-refractivity contribution in [2.24, 2.45) is 0 Å². The molecule has 1 N–H and O–H groups in total. The SMILES string of the molecule is C=C(Cl)CC(NC=O)(C(=O)OCC)C(=O)OCC. The number of ether oxygens (including phenoxy) is 2. The van der Waals surface area contributed by atoms with Crippen LogP contribution in [-0.2, 0) is 23.9 Å². The van der Waals surface area contributed by atoms with E-state index < -0.39 is 17.5 Å². The molecular weight excluding hydrogens is 262 g/mol. The number of amides is 1. The van der Waals surface area contributed by atoms with Gasteiger partial charge in [0, 0.05) is 11.5 Å². The Labute approximate surface area is 110 Å². The molecule has 0 aromatic carbocycles. The van der Waals surface area contributed by atoms with Crippen LogP contribution < -0.4 is 5.32 Å². The van der Waals surface area contributed by atoms with Crippen LogP contribution in [0.1, 0.15) is 20.3 Å². The summed E-state index contributed by atoms with van der Waals surface area (Å²) in [6, 6.07) is 0. The summed E-state index contributed by atoms with van der Waals surface area (Å²) in [5.41, 5.74) is -1.98.